The molecule has 2 rings (SSSR count). The van der Waals surface area contributed by atoms with Crippen LogP contribution in [0.15, 0.2) is 30.3 Å². The fourth-order valence-electron chi connectivity index (χ4n) is 2.45. The van der Waals surface area contributed by atoms with Crippen LogP contribution in [-0.2, 0) is 4.74 Å². The average molecular weight is 248 g/mol. The standard InChI is InChI=1S/C15H24N2O/c1-2-16-15(14-6-4-3-5-7-14)8-9-17-10-12-18-13-11-17/h3-7,15-16H,2,8-13H2,1H3. The van der Waals surface area contributed by atoms with E-state index < -0.39 is 0 Å². The molecule has 1 aromatic carbocycles. The Morgan fingerprint density at radius 3 is 2.61 bits per heavy atom. The van der Waals surface area contributed by atoms with Crippen molar-refractivity contribution < 1.29 is 4.74 Å². The number of nitrogens with one attached hydrogen (secondary N) is 1. The molecule has 18 heavy (non-hydrogen) atoms. The van der Waals surface area contributed by atoms with Gasteiger partial charge in [-0.25, -0.2) is 0 Å². The van der Waals surface area contributed by atoms with Crippen LogP contribution in [0.1, 0.15) is 24.9 Å². The first-order chi connectivity index (χ1) is 8.90. The van der Waals surface area contributed by atoms with E-state index in [0.717, 1.165) is 45.8 Å². The highest BCUT2D eigenvalue weighted by atomic mass is 16.5. The molecule has 1 aromatic rings. The Balaban J connectivity index is 1.86. The van der Waals surface area contributed by atoms with Crippen molar-refractivity contribution in [1.82, 2.24) is 10.2 Å². The van der Waals surface area contributed by atoms with Gasteiger partial charge in [-0.15, -0.1) is 0 Å². The van der Waals surface area contributed by atoms with Crippen molar-refractivity contribution in [3.05, 3.63) is 35.9 Å². The van der Waals surface area contributed by atoms with E-state index in [1.165, 1.54) is 5.56 Å². The Bertz CT molecular complexity index is 323. The molecule has 0 aliphatic carbocycles. The molecule has 0 spiro atoms. The minimum atomic E-state index is 0.471. The molecule has 1 aliphatic rings. The van der Waals surface area contributed by atoms with Gasteiger partial charge in [0.1, 0.15) is 0 Å². The van der Waals surface area contributed by atoms with Crippen molar-refractivity contribution in [2.75, 3.05) is 39.4 Å². The molecule has 1 N–H and O–H groups in total. The maximum Gasteiger partial charge on any atom is 0.0594 e. The molecule has 100 valence electrons. The summed E-state index contributed by atoms with van der Waals surface area (Å²) >= 11 is 0. The zero-order valence-corrected chi connectivity index (χ0v) is 11.3. The maximum atomic E-state index is 5.38. The predicted molar refractivity (Wildman–Crippen MR) is 74.7 cm³/mol. The lowest BCUT2D eigenvalue weighted by Crippen LogP contribution is -2.38. The topological polar surface area (TPSA) is 24.5 Å². The molecule has 1 heterocycles. The summed E-state index contributed by atoms with van der Waals surface area (Å²) in [4.78, 5) is 2.50. The van der Waals surface area contributed by atoms with Crippen LogP contribution in [-0.4, -0.2) is 44.3 Å². The first kappa shape index (κ1) is 13.5. The largest absolute Gasteiger partial charge is 0.379 e. The van der Waals surface area contributed by atoms with Crippen LogP contribution in [0.25, 0.3) is 0 Å². The van der Waals surface area contributed by atoms with Gasteiger partial charge in [-0.1, -0.05) is 37.3 Å². The summed E-state index contributed by atoms with van der Waals surface area (Å²) in [5, 5.41) is 3.58. The van der Waals surface area contributed by atoms with E-state index in [2.05, 4.69) is 47.5 Å². The average Bonchev–Trinajstić information content (AvgIpc) is 2.45. The first-order valence-corrected chi connectivity index (χ1v) is 6.98. The number of hydrogen-bond acceptors (Lipinski definition) is 3. The smallest absolute Gasteiger partial charge is 0.0594 e. The van der Waals surface area contributed by atoms with E-state index in [4.69, 9.17) is 4.74 Å². The first-order valence-electron chi connectivity index (χ1n) is 6.98. The summed E-state index contributed by atoms with van der Waals surface area (Å²) in [7, 11) is 0. The lowest BCUT2D eigenvalue weighted by molar-refractivity contribution is 0.0361. The zero-order valence-electron chi connectivity index (χ0n) is 11.3. The van der Waals surface area contributed by atoms with E-state index in [0.29, 0.717) is 6.04 Å². The quantitative estimate of drug-likeness (QED) is 0.834. The fourth-order valence-corrected chi connectivity index (χ4v) is 2.45. The van der Waals surface area contributed by atoms with Gasteiger partial charge in [0.2, 0.25) is 0 Å². The Morgan fingerprint density at radius 1 is 1.22 bits per heavy atom. The van der Waals surface area contributed by atoms with E-state index in [9.17, 15) is 0 Å². The maximum absolute atomic E-state index is 5.38. The van der Waals surface area contributed by atoms with Crippen LogP contribution in [0.2, 0.25) is 0 Å². The zero-order chi connectivity index (χ0) is 12.6. The molecule has 1 aliphatic heterocycles. The second kappa shape index (κ2) is 7.52. The van der Waals surface area contributed by atoms with Gasteiger partial charge in [0.25, 0.3) is 0 Å². The molecular formula is C15H24N2O. The van der Waals surface area contributed by atoms with E-state index in [1.807, 2.05) is 0 Å². The third-order valence-corrected chi connectivity index (χ3v) is 3.49. The van der Waals surface area contributed by atoms with Crippen LogP contribution < -0.4 is 5.32 Å². The normalized spacial score (nSPS) is 18.7. The molecule has 1 fully saturated rings. The van der Waals surface area contributed by atoms with Crippen molar-refractivity contribution in [3.8, 4) is 0 Å². The highest BCUT2D eigenvalue weighted by Gasteiger charge is 2.14. The summed E-state index contributed by atoms with van der Waals surface area (Å²) in [5.74, 6) is 0. The second-order valence-electron chi connectivity index (χ2n) is 4.76. The molecular weight excluding hydrogens is 224 g/mol. The number of benzene rings is 1. The van der Waals surface area contributed by atoms with Gasteiger partial charge in [0.05, 0.1) is 13.2 Å². The highest BCUT2D eigenvalue weighted by molar-refractivity contribution is 5.18. The van der Waals surface area contributed by atoms with Gasteiger partial charge >= 0.3 is 0 Å². The Labute approximate surface area is 110 Å². The van der Waals surface area contributed by atoms with Crippen LogP contribution in [0, 0.1) is 0 Å². The molecule has 0 aromatic heterocycles. The number of ether oxygens (including phenoxy) is 1. The number of nitrogens with zero attached hydrogens (tertiary/aromatic N) is 1. The van der Waals surface area contributed by atoms with Crippen LogP contribution in [0.4, 0.5) is 0 Å². The monoisotopic (exact) mass is 248 g/mol. The van der Waals surface area contributed by atoms with Crippen molar-refractivity contribution in [3.63, 3.8) is 0 Å². The third-order valence-electron chi connectivity index (χ3n) is 3.49. The fraction of sp³-hybridized carbons (Fsp3) is 0.600. The molecule has 0 bridgehead atoms. The van der Waals surface area contributed by atoms with Crippen molar-refractivity contribution in [2.24, 2.45) is 0 Å². The Kier molecular flexibility index (Phi) is 5.65. The number of morpholine rings is 1. The molecule has 1 unspecified atom stereocenters. The molecule has 0 amide bonds. The van der Waals surface area contributed by atoms with Gasteiger partial charge in [-0.3, -0.25) is 4.90 Å². The molecule has 0 radical (unpaired) electrons. The van der Waals surface area contributed by atoms with Gasteiger partial charge in [-0.2, -0.15) is 0 Å². The van der Waals surface area contributed by atoms with Crippen molar-refractivity contribution >= 4 is 0 Å². The van der Waals surface area contributed by atoms with Gasteiger partial charge < -0.3 is 10.1 Å². The molecule has 1 saturated heterocycles. The third kappa shape index (κ3) is 4.09. The molecule has 3 heteroatoms. The SMILES string of the molecule is CCNC(CCN1CCOCC1)c1ccccc1. The van der Waals surface area contributed by atoms with Crippen molar-refractivity contribution in [2.45, 2.75) is 19.4 Å². The summed E-state index contributed by atoms with van der Waals surface area (Å²) in [5.41, 5.74) is 1.40. The summed E-state index contributed by atoms with van der Waals surface area (Å²) in [6.07, 6.45) is 1.16. The molecule has 0 saturated carbocycles. The summed E-state index contributed by atoms with van der Waals surface area (Å²) in [6, 6.07) is 11.2. The minimum Gasteiger partial charge on any atom is -0.379 e. The second-order valence-corrected chi connectivity index (χ2v) is 4.76. The van der Waals surface area contributed by atoms with E-state index in [1.54, 1.807) is 0 Å². The van der Waals surface area contributed by atoms with Crippen molar-refractivity contribution in [1.29, 1.82) is 0 Å². The molecule has 1 atom stereocenters. The van der Waals surface area contributed by atoms with E-state index in [-0.39, 0.29) is 0 Å². The Hall–Kier alpha value is -0.900. The predicted octanol–water partition coefficient (Wildman–Crippen LogP) is 2.06. The summed E-state index contributed by atoms with van der Waals surface area (Å²) in [6.45, 7) is 8.26. The van der Waals surface area contributed by atoms with Gasteiger partial charge in [-0.05, 0) is 18.5 Å². The van der Waals surface area contributed by atoms with Gasteiger partial charge in [0, 0.05) is 25.7 Å². The summed E-state index contributed by atoms with van der Waals surface area (Å²) < 4.78 is 5.38. The van der Waals surface area contributed by atoms with Crippen LogP contribution >= 0.6 is 0 Å². The highest BCUT2D eigenvalue weighted by Crippen LogP contribution is 2.17. The van der Waals surface area contributed by atoms with Gasteiger partial charge in [0.15, 0.2) is 0 Å². The van der Waals surface area contributed by atoms with Crippen LogP contribution in [0.5, 0.6) is 0 Å². The molecule has 3 nitrogen and oxygen atoms in total. The lowest BCUT2D eigenvalue weighted by Gasteiger charge is -2.28. The number of rotatable bonds is 6. The number of hydrogen-bond donors (Lipinski definition) is 1. The lowest BCUT2D eigenvalue weighted by atomic mass is 10.0. The Morgan fingerprint density at radius 2 is 1.94 bits per heavy atom. The van der Waals surface area contributed by atoms with E-state index >= 15 is 0 Å². The van der Waals surface area contributed by atoms with Crippen LogP contribution in [0.3, 0.4) is 0 Å². The minimum absolute atomic E-state index is 0.471.